The van der Waals surface area contributed by atoms with Crippen LogP contribution in [0.15, 0.2) is 6.07 Å². The van der Waals surface area contributed by atoms with Crippen molar-refractivity contribution in [1.82, 2.24) is 0 Å². The van der Waals surface area contributed by atoms with E-state index < -0.39 is 5.82 Å². The molecule has 0 saturated carbocycles. The first kappa shape index (κ1) is 13.3. The Bertz CT molecular complexity index is 429. The molecular formula is C12H15FO4. The fourth-order valence-electron chi connectivity index (χ4n) is 1.65. The Morgan fingerprint density at radius 3 is 2.18 bits per heavy atom. The molecule has 0 aliphatic heterocycles. The molecule has 1 rings (SSSR count). The minimum atomic E-state index is -0.582. The molecule has 17 heavy (non-hydrogen) atoms. The van der Waals surface area contributed by atoms with Gasteiger partial charge in [-0.05, 0) is 6.92 Å². The summed E-state index contributed by atoms with van der Waals surface area (Å²) >= 11 is 0. The molecule has 0 aromatic heterocycles. The van der Waals surface area contributed by atoms with Gasteiger partial charge in [0.2, 0.25) is 0 Å². The van der Waals surface area contributed by atoms with Crippen molar-refractivity contribution in [3.05, 3.63) is 17.4 Å². The number of methoxy groups -OCH3 is 3. The second-order valence-corrected chi connectivity index (χ2v) is 3.48. The Balaban J connectivity index is 3.46. The topological polar surface area (TPSA) is 44.8 Å². The van der Waals surface area contributed by atoms with Gasteiger partial charge in [0.05, 0.1) is 26.9 Å². The van der Waals surface area contributed by atoms with E-state index in [1.54, 1.807) is 0 Å². The number of Topliss-reactive ketones (excluding diaryl/α,β-unsaturated/α-hetero) is 1. The molecule has 0 N–H and O–H groups in total. The van der Waals surface area contributed by atoms with Crippen LogP contribution in [0.3, 0.4) is 0 Å². The van der Waals surface area contributed by atoms with E-state index in [0.717, 1.165) is 0 Å². The summed E-state index contributed by atoms with van der Waals surface area (Å²) < 4.78 is 28.8. The lowest BCUT2D eigenvalue weighted by molar-refractivity contribution is -0.116. The van der Waals surface area contributed by atoms with E-state index in [0.29, 0.717) is 11.3 Å². The molecule has 0 unspecified atom stereocenters. The molecule has 0 radical (unpaired) electrons. The zero-order valence-corrected chi connectivity index (χ0v) is 10.3. The zero-order chi connectivity index (χ0) is 13.0. The standard InChI is InChI=1S/C12H15FO4/c1-7(14)5-8-11(16-3)9(13)6-10(15-2)12(8)17-4/h6H,5H2,1-4H3. The quantitative estimate of drug-likeness (QED) is 0.792. The van der Waals surface area contributed by atoms with Gasteiger partial charge in [0.1, 0.15) is 5.78 Å². The maximum Gasteiger partial charge on any atom is 0.169 e. The van der Waals surface area contributed by atoms with Crippen molar-refractivity contribution in [2.24, 2.45) is 0 Å². The van der Waals surface area contributed by atoms with E-state index in [1.165, 1.54) is 34.3 Å². The van der Waals surface area contributed by atoms with Gasteiger partial charge in [-0.3, -0.25) is 4.79 Å². The monoisotopic (exact) mass is 242 g/mol. The van der Waals surface area contributed by atoms with Gasteiger partial charge < -0.3 is 14.2 Å². The van der Waals surface area contributed by atoms with Gasteiger partial charge in [0.25, 0.3) is 0 Å². The van der Waals surface area contributed by atoms with E-state index in [9.17, 15) is 9.18 Å². The fraction of sp³-hybridized carbons (Fsp3) is 0.417. The highest BCUT2D eigenvalue weighted by atomic mass is 19.1. The van der Waals surface area contributed by atoms with E-state index in [4.69, 9.17) is 14.2 Å². The molecule has 0 fully saturated rings. The number of halogens is 1. The summed E-state index contributed by atoms with van der Waals surface area (Å²) in [5, 5.41) is 0. The van der Waals surface area contributed by atoms with Crippen molar-refractivity contribution < 1.29 is 23.4 Å². The molecule has 4 nitrogen and oxygen atoms in total. The lowest BCUT2D eigenvalue weighted by Crippen LogP contribution is -2.06. The summed E-state index contributed by atoms with van der Waals surface area (Å²) in [5.74, 6) is -0.128. The number of rotatable bonds is 5. The first-order valence-electron chi connectivity index (χ1n) is 5.01. The van der Waals surface area contributed by atoms with E-state index in [-0.39, 0.29) is 23.7 Å². The Hall–Kier alpha value is -1.78. The largest absolute Gasteiger partial charge is 0.493 e. The molecule has 0 amide bonds. The third kappa shape index (κ3) is 2.67. The van der Waals surface area contributed by atoms with Crippen LogP contribution >= 0.6 is 0 Å². The second kappa shape index (κ2) is 5.52. The van der Waals surface area contributed by atoms with Crippen LogP contribution in [0.5, 0.6) is 17.2 Å². The van der Waals surface area contributed by atoms with E-state index in [2.05, 4.69) is 0 Å². The molecule has 0 saturated heterocycles. The number of ketones is 1. The predicted molar refractivity (Wildman–Crippen MR) is 60.4 cm³/mol. The average Bonchev–Trinajstić information content (AvgIpc) is 2.28. The number of carbonyl (C=O) groups is 1. The maximum absolute atomic E-state index is 13.7. The minimum absolute atomic E-state index is 0.0119. The molecule has 0 aliphatic carbocycles. The molecule has 0 spiro atoms. The van der Waals surface area contributed by atoms with Gasteiger partial charge in [-0.1, -0.05) is 0 Å². The number of benzene rings is 1. The van der Waals surface area contributed by atoms with Crippen LogP contribution in [-0.4, -0.2) is 27.1 Å². The van der Waals surface area contributed by atoms with Crippen molar-refractivity contribution >= 4 is 5.78 Å². The zero-order valence-electron chi connectivity index (χ0n) is 10.3. The number of carbonyl (C=O) groups excluding carboxylic acids is 1. The number of ether oxygens (including phenoxy) is 3. The Labute approximate surface area is 99.3 Å². The van der Waals surface area contributed by atoms with Gasteiger partial charge in [-0.25, -0.2) is 4.39 Å². The highest BCUT2D eigenvalue weighted by molar-refractivity contribution is 5.80. The van der Waals surface area contributed by atoms with Crippen LogP contribution in [0.2, 0.25) is 0 Å². The third-order valence-corrected chi connectivity index (χ3v) is 2.30. The van der Waals surface area contributed by atoms with Crippen LogP contribution < -0.4 is 14.2 Å². The van der Waals surface area contributed by atoms with Crippen molar-refractivity contribution in [1.29, 1.82) is 0 Å². The first-order chi connectivity index (χ1) is 8.04. The normalized spacial score (nSPS) is 9.94. The average molecular weight is 242 g/mol. The minimum Gasteiger partial charge on any atom is -0.493 e. The van der Waals surface area contributed by atoms with Crippen LogP contribution in [0, 0.1) is 5.82 Å². The van der Waals surface area contributed by atoms with Crippen LogP contribution in [0.4, 0.5) is 4.39 Å². The maximum atomic E-state index is 13.7. The summed E-state index contributed by atoms with van der Waals surface area (Å²) in [6, 6.07) is 1.17. The van der Waals surface area contributed by atoms with Crippen LogP contribution in [-0.2, 0) is 11.2 Å². The van der Waals surface area contributed by atoms with Crippen LogP contribution in [0.25, 0.3) is 0 Å². The van der Waals surface area contributed by atoms with Crippen LogP contribution in [0.1, 0.15) is 12.5 Å². The van der Waals surface area contributed by atoms with Gasteiger partial charge in [0, 0.05) is 12.5 Å². The first-order valence-corrected chi connectivity index (χ1v) is 5.01. The smallest absolute Gasteiger partial charge is 0.169 e. The number of hydrogen-bond acceptors (Lipinski definition) is 4. The van der Waals surface area contributed by atoms with E-state index in [1.807, 2.05) is 0 Å². The molecule has 0 heterocycles. The van der Waals surface area contributed by atoms with Gasteiger partial charge in [-0.15, -0.1) is 0 Å². The molecule has 0 aliphatic rings. The van der Waals surface area contributed by atoms with E-state index >= 15 is 0 Å². The Kier molecular flexibility index (Phi) is 4.31. The molecule has 1 aromatic rings. The highest BCUT2D eigenvalue weighted by Crippen LogP contribution is 2.39. The third-order valence-electron chi connectivity index (χ3n) is 2.30. The van der Waals surface area contributed by atoms with Crippen molar-refractivity contribution in [2.75, 3.05) is 21.3 Å². The van der Waals surface area contributed by atoms with Crippen molar-refractivity contribution in [3.63, 3.8) is 0 Å². The summed E-state index contributed by atoms with van der Waals surface area (Å²) in [5.41, 5.74) is 0.361. The number of hydrogen-bond donors (Lipinski definition) is 0. The molecule has 0 atom stereocenters. The Morgan fingerprint density at radius 1 is 1.18 bits per heavy atom. The lowest BCUT2D eigenvalue weighted by atomic mass is 10.1. The van der Waals surface area contributed by atoms with Gasteiger partial charge in [-0.2, -0.15) is 0 Å². The summed E-state index contributed by atoms with van der Waals surface area (Å²) in [6.45, 7) is 1.41. The summed E-state index contributed by atoms with van der Waals surface area (Å²) in [6.07, 6.45) is 0.0282. The molecular weight excluding hydrogens is 227 g/mol. The SMILES string of the molecule is COc1cc(F)c(OC)c(CC(C)=O)c1OC. The summed E-state index contributed by atoms with van der Waals surface area (Å²) in [7, 11) is 4.17. The highest BCUT2D eigenvalue weighted by Gasteiger charge is 2.21. The Morgan fingerprint density at radius 2 is 1.76 bits per heavy atom. The lowest BCUT2D eigenvalue weighted by Gasteiger charge is -2.16. The molecule has 94 valence electrons. The second-order valence-electron chi connectivity index (χ2n) is 3.48. The van der Waals surface area contributed by atoms with Crippen molar-refractivity contribution in [2.45, 2.75) is 13.3 Å². The van der Waals surface area contributed by atoms with Crippen molar-refractivity contribution in [3.8, 4) is 17.2 Å². The van der Waals surface area contributed by atoms with Gasteiger partial charge in [0.15, 0.2) is 23.1 Å². The predicted octanol–water partition coefficient (Wildman–Crippen LogP) is 1.98. The molecule has 1 aromatic carbocycles. The molecule has 5 heteroatoms. The van der Waals surface area contributed by atoms with Gasteiger partial charge >= 0.3 is 0 Å². The summed E-state index contributed by atoms with van der Waals surface area (Å²) in [4.78, 5) is 11.2. The fourth-order valence-corrected chi connectivity index (χ4v) is 1.65. The molecule has 0 bridgehead atoms.